The molecule has 23 heavy (non-hydrogen) atoms. The van der Waals surface area contributed by atoms with Gasteiger partial charge in [-0.15, -0.1) is 0 Å². The van der Waals surface area contributed by atoms with Crippen LogP contribution in [0.3, 0.4) is 0 Å². The number of benzene rings is 1. The number of rotatable bonds is 4. The van der Waals surface area contributed by atoms with Crippen molar-refractivity contribution >= 4 is 11.5 Å². The number of ether oxygens (including phenoxy) is 1. The van der Waals surface area contributed by atoms with E-state index in [4.69, 9.17) is 4.74 Å². The van der Waals surface area contributed by atoms with Crippen LogP contribution in [0.15, 0.2) is 42.6 Å². The molecule has 3 rings (SSSR count). The average molecular weight is 317 g/mol. The first-order valence-corrected chi connectivity index (χ1v) is 7.40. The molecule has 1 aromatic heterocycles. The van der Waals surface area contributed by atoms with E-state index in [0.29, 0.717) is 24.7 Å². The molecule has 0 saturated carbocycles. The Bertz CT molecular complexity index is 685. The average Bonchev–Trinajstić information content (AvgIpc) is 2.58. The summed E-state index contributed by atoms with van der Waals surface area (Å²) in [4.78, 5) is 16.7. The molecule has 2 heterocycles. The molecule has 0 atom stereocenters. The third kappa shape index (κ3) is 3.56. The molecular weight excluding hydrogens is 301 g/mol. The minimum Gasteiger partial charge on any atom is -0.490 e. The number of aromatic nitrogens is 1. The van der Waals surface area contributed by atoms with Gasteiger partial charge in [0.25, 0.3) is 0 Å². The Balaban J connectivity index is 1.62. The van der Waals surface area contributed by atoms with Crippen molar-refractivity contribution in [3.8, 4) is 5.75 Å². The quantitative estimate of drug-likeness (QED) is 0.640. The predicted molar refractivity (Wildman–Crippen MR) is 83.2 cm³/mol. The van der Waals surface area contributed by atoms with Crippen LogP contribution in [0.4, 0.5) is 15.9 Å². The van der Waals surface area contributed by atoms with Gasteiger partial charge in [-0.3, -0.25) is 10.1 Å². The Kier molecular flexibility index (Phi) is 4.36. The van der Waals surface area contributed by atoms with Crippen LogP contribution >= 0.6 is 0 Å². The summed E-state index contributed by atoms with van der Waals surface area (Å²) in [6.45, 7) is 1.26. The van der Waals surface area contributed by atoms with Crippen molar-refractivity contribution in [3.63, 3.8) is 0 Å². The highest BCUT2D eigenvalue weighted by atomic mass is 19.1. The molecule has 0 unspecified atom stereocenters. The van der Waals surface area contributed by atoms with Gasteiger partial charge in [0.2, 0.25) is 5.82 Å². The van der Waals surface area contributed by atoms with Gasteiger partial charge in [0.1, 0.15) is 17.7 Å². The molecule has 1 fully saturated rings. The van der Waals surface area contributed by atoms with Gasteiger partial charge in [0.05, 0.1) is 4.92 Å². The van der Waals surface area contributed by atoms with E-state index in [1.165, 1.54) is 18.2 Å². The molecule has 1 aromatic carbocycles. The lowest BCUT2D eigenvalue weighted by Crippen LogP contribution is -2.39. The molecule has 120 valence electrons. The van der Waals surface area contributed by atoms with Crippen molar-refractivity contribution in [2.75, 3.05) is 18.0 Å². The molecule has 0 amide bonds. The predicted octanol–water partition coefficient (Wildman–Crippen LogP) is 3.18. The minimum absolute atomic E-state index is 0.0134. The van der Waals surface area contributed by atoms with Gasteiger partial charge >= 0.3 is 5.69 Å². The summed E-state index contributed by atoms with van der Waals surface area (Å²) in [5.74, 6) is 0.737. The first-order chi connectivity index (χ1) is 11.1. The van der Waals surface area contributed by atoms with Crippen molar-refractivity contribution < 1.29 is 14.1 Å². The molecule has 0 N–H and O–H groups in total. The van der Waals surface area contributed by atoms with Crippen LogP contribution in [0.2, 0.25) is 0 Å². The number of hydrogen-bond acceptors (Lipinski definition) is 5. The topological polar surface area (TPSA) is 68.5 Å². The van der Waals surface area contributed by atoms with Crippen LogP contribution in [0.5, 0.6) is 5.75 Å². The van der Waals surface area contributed by atoms with Crippen LogP contribution in [0.1, 0.15) is 12.8 Å². The van der Waals surface area contributed by atoms with E-state index in [1.807, 2.05) is 4.90 Å². The maximum atomic E-state index is 12.9. The molecule has 0 radical (unpaired) electrons. The second-order valence-corrected chi connectivity index (χ2v) is 5.36. The zero-order chi connectivity index (χ0) is 16.2. The van der Waals surface area contributed by atoms with Crippen molar-refractivity contribution in [3.05, 3.63) is 58.5 Å². The molecule has 0 aliphatic carbocycles. The number of hydrogen-bond donors (Lipinski definition) is 0. The van der Waals surface area contributed by atoms with Crippen LogP contribution in [-0.4, -0.2) is 29.1 Å². The van der Waals surface area contributed by atoms with Gasteiger partial charge in [-0.1, -0.05) is 0 Å². The van der Waals surface area contributed by atoms with Crippen molar-refractivity contribution in [2.45, 2.75) is 18.9 Å². The lowest BCUT2D eigenvalue weighted by molar-refractivity contribution is -0.384. The highest BCUT2D eigenvalue weighted by Crippen LogP contribution is 2.28. The monoisotopic (exact) mass is 317 g/mol. The summed E-state index contributed by atoms with van der Waals surface area (Å²) in [6.07, 6.45) is 3.03. The summed E-state index contributed by atoms with van der Waals surface area (Å²) in [5.41, 5.74) is 0.0189. The molecule has 1 aliphatic rings. The van der Waals surface area contributed by atoms with E-state index in [9.17, 15) is 14.5 Å². The summed E-state index contributed by atoms with van der Waals surface area (Å²) >= 11 is 0. The fourth-order valence-corrected chi connectivity index (χ4v) is 2.67. The third-order valence-corrected chi connectivity index (χ3v) is 3.82. The van der Waals surface area contributed by atoms with Gasteiger partial charge in [-0.2, -0.15) is 0 Å². The fraction of sp³-hybridized carbons (Fsp3) is 0.312. The Morgan fingerprint density at radius 2 is 1.91 bits per heavy atom. The molecule has 0 bridgehead atoms. The van der Waals surface area contributed by atoms with Crippen LogP contribution < -0.4 is 9.64 Å². The summed E-state index contributed by atoms with van der Waals surface area (Å²) < 4.78 is 18.7. The molecule has 2 aromatic rings. The number of halogens is 1. The summed E-state index contributed by atoms with van der Waals surface area (Å²) in [7, 11) is 0. The number of nitro groups is 1. The smallest absolute Gasteiger partial charge is 0.311 e. The standard InChI is InChI=1S/C16H16FN3O3/c17-12-3-5-13(6-4-12)23-14-7-10-19(11-8-14)16-15(20(21)22)2-1-9-18-16/h1-6,9,14H,7-8,10-11H2. The Labute approximate surface area is 132 Å². The Hall–Kier alpha value is -2.70. The van der Waals surface area contributed by atoms with Crippen LogP contribution in [0.25, 0.3) is 0 Å². The molecule has 6 nitrogen and oxygen atoms in total. The fourth-order valence-electron chi connectivity index (χ4n) is 2.67. The lowest BCUT2D eigenvalue weighted by atomic mass is 10.1. The highest BCUT2D eigenvalue weighted by molar-refractivity contribution is 5.57. The second kappa shape index (κ2) is 6.60. The highest BCUT2D eigenvalue weighted by Gasteiger charge is 2.26. The summed E-state index contributed by atoms with van der Waals surface area (Å²) in [5, 5.41) is 11.1. The molecule has 1 aliphatic heterocycles. The van der Waals surface area contributed by atoms with E-state index in [2.05, 4.69) is 4.98 Å². The molecule has 0 spiro atoms. The number of anilines is 1. The molecular formula is C16H16FN3O3. The Morgan fingerprint density at radius 3 is 2.57 bits per heavy atom. The normalized spacial score (nSPS) is 15.4. The minimum atomic E-state index is -0.413. The van der Waals surface area contributed by atoms with E-state index >= 15 is 0 Å². The largest absolute Gasteiger partial charge is 0.490 e. The zero-order valence-electron chi connectivity index (χ0n) is 12.4. The third-order valence-electron chi connectivity index (χ3n) is 3.82. The Morgan fingerprint density at radius 1 is 1.22 bits per heavy atom. The lowest BCUT2D eigenvalue weighted by Gasteiger charge is -2.32. The molecule has 7 heteroatoms. The van der Waals surface area contributed by atoms with Gasteiger partial charge in [-0.05, 0) is 30.3 Å². The number of piperidine rings is 1. The first kappa shape index (κ1) is 15.2. The molecule has 1 saturated heterocycles. The van der Waals surface area contributed by atoms with Crippen molar-refractivity contribution in [1.29, 1.82) is 0 Å². The van der Waals surface area contributed by atoms with E-state index in [0.717, 1.165) is 12.8 Å². The first-order valence-electron chi connectivity index (χ1n) is 7.40. The van der Waals surface area contributed by atoms with Crippen molar-refractivity contribution in [2.24, 2.45) is 0 Å². The van der Waals surface area contributed by atoms with E-state index in [1.54, 1.807) is 24.4 Å². The van der Waals surface area contributed by atoms with Crippen molar-refractivity contribution in [1.82, 2.24) is 4.98 Å². The summed E-state index contributed by atoms with van der Waals surface area (Å²) in [6, 6.07) is 8.95. The van der Waals surface area contributed by atoms with Gasteiger partial charge in [-0.25, -0.2) is 9.37 Å². The maximum Gasteiger partial charge on any atom is 0.311 e. The number of pyridine rings is 1. The van der Waals surface area contributed by atoms with Crippen LogP contribution in [0, 0.1) is 15.9 Å². The van der Waals surface area contributed by atoms with Crippen LogP contribution in [-0.2, 0) is 0 Å². The van der Waals surface area contributed by atoms with E-state index in [-0.39, 0.29) is 17.6 Å². The second-order valence-electron chi connectivity index (χ2n) is 5.36. The van der Waals surface area contributed by atoms with Gasteiger partial charge < -0.3 is 9.64 Å². The number of nitrogens with zero attached hydrogens (tertiary/aromatic N) is 3. The van der Waals surface area contributed by atoms with Gasteiger partial charge in [0.15, 0.2) is 0 Å². The maximum absolute atomic E-state index is 12.9. The zero-order valence-corrected chi connectivity index (χ0v) is 12.4. The van der Waals surface area contributed by atoms with Gasteiger partial charge in [0, 0.05) is 38.2 Å². The van der Waals surface area contributed by atoms with E-state index < -0.39 is 4.92 Å². The SMILES string of the molecule is O=[N+]([O-])c1cccnc1N1CCC(Oc2ccc(F)cc2)CC1.